The molecular weight excluding hydrogens is 272 g/mol. The van der Waals surface area contributed by atoms with Gasteiger partial charge in [0.2, 0.25) is 0 Å². The molecule has 0 aliphatic rings. The third-order valence-corrected chi connectivity index (χ3v) is 3.79. The number of benzene rings is 2. The van der Waals surface area contributed by atoms with Crippen LogP contribution in [0.3, 0.4) is 0 Å². The molecule has 0 aromatic heterocycles. The van der Waals surface area contributed by atoms with E-state index < -0.39 is 6.10 Å². The first-order valence-corrected chi connectivity index (χ1v) is 6.96. The van der Waals surface area contributed by atoms with E-state index in [1.54, 1.807) is 19.2 Å². The minimum absolute atomic E-state index is 0.551. The minimum Gasteiger partial charge on any atom is -0.495 e. The molecule has 0 aliphatic heterocycles. The topological polar surface area (TPSA) is 29.5 Å². The van der Waals surface area contributed by atoms with Gasteiger partial charge in [0, 0.05) is 6.42 Å². The van der Waals surface area contributed by atoms with Crippen molar-refractivity contribution in [3.8, 4) is 5.75 Å². The first-order chi connectivity index (χ1) is 9.51. The van der Waals surface area contributed by atoms with Crippen LogP contribution in [0.25, 0.3) is 0 Å². The SMILES string of the molecule is COc1cc(C(O)Cc2cc(C)ccc2C)ccc1Cl. The summed E-state index contributed by atoms with van der Waals surface area (Å²) in [6.07, 6.45) is 0.0137. The largest absolute Gasteiger partial charge is 0.495 e. The van der Waals surface area contributed by atoms with Gasteiger partial charge >= 0.3 is 0 Å². The quantitative estimate of drug-likeness (QED) is 0.912. The van der Waals surface area contributed by atoms with Gasteiger partial charge in [0.15, 0.2) is 0 Å². The van der Waals surface area contributed by atoms with E-state index in [4.69, 9.17) is 16.3 Å². The minimum atomic E-state index is -0.568. The van der Waals surface area contributed by atoms with Crippen molar-refractivity contribution in [2.75, 3.05) is 7.11 Å². The van der Waals surface area contributed by atoms with Gasteiger partial charge in [-0.1, -0.05) is 41.4 Å². The average Bonchev–Trinajstić information content (AvgIpc) is 2.43. The first kappa shape index (κ1) is 14.9. The fraction of sp³-hybridized carbons (Fsp3) is 0.294. The maximum Gasteiger partial charge on any atom is 0.137 e. The van der Waals surface area contributed by atoms with Crippen molar-refractivity contribution in [3.05, 3.63) is 63.7 Å². The molecule has 0 heterocycles. The van der Waals surface area contributed by atoms with Gasteiger partial charge in [-0.2, -0.15) is 0 Å². The zero-order valence-electron chi connectivity index (χ0n) is 12.0. The Morgan fingerprint density at radius 3 is 2.60 bits per heavy atom. The molecule has 2 rings (SSSR count). The average molecular weight is 291 g/mol. The van der Waals surface area contributed by atoms with Gasteiger partial charge in [-0.3, -0.25) is 0 Å². The molecule has 1 N–H and O–H groups in total. The van der Waals surface area contributed by atoms with E-state index in [0.717, 1.165) is 11.1 Å². The van der Waals surface area contributed by atoms with E-state index in [9.17, 15) is 5.11 Å². The van der Waals surface area contributed by atoms with Crippen LogP contribution in [0.2, 0.25) is 5.02 Å². The van der Waals surface area contributed by atoms with E-state index in [0.29, 0.717) is 17.2 Å². The van der Waals surface area contributed by atoms with Crippen molar-refractivity contribution in [1.29, 1.82) is 0 Å². The van der Waals surface area contributed by atoms with E-state index in [-0.39, 0.29) is 0 Å². The van der Waals surface area contributed by atoms with Gasteiger partial charge in [0.05, 0.1) is 18.2 Å². The summed E-state index contributed by atoms with van der Waals surface area (Å²) in [5.41, 5.74) is 4.36. The van der Waals surface area contributed by atoms with Crippen molar-refractivity contribution in [1.82, 2.24) is 0 Å². The standard InChI is InChI=1S/C17H19ClO2/c1-11-4-5-12(2)14(8-11)9-16(19)13-6-7-15(18)17(10-13)20-3/h4-8,10,16,19H,9H2,1-3H3. The van der Waals surface area contributed by atoms with E-state index in [1.807, 2.05) is 6.07 Å². The summed E-state index contributed by atoms with van der Waals surface area (Å²) >= 11 is 6.00. The van der Waals surface area contributed by atoms with Crippen LogP contribution in [0.4, 0.5) is 0 Å². The summed E-state index contributed by atoms with van der Waals surface area (Å²) in [7, 11) is 1.57. The number of ether oxygens (including phenoxy) is 1. The Morgan fingerprint density at radius 2 is 1.90 bits per heavy atom. The first-order valence-electron chi connectivity index (χ1n) is 6.59. The number of methoxy groups -OCH3 is 1. The Morgan fingerprint density at radius 1 is 1.15 bits per heavy atom. The summed E-state index contributed by atoms with van der Waals surface area (Å²) in [5, 5.41) is 11.0. The summed E-state index contributed by atoms with van der Waals surface area (Å²) in [5.74, 6) is 0.587. The molecule has 3 heteroatoms. The van der Waals surface area contributed by atoms with Gasteiger partial charge in [-0.25, -0.2) is 0 Å². The Kier molecular flexibility index (Phi) is 4.69. The van der Waals surface area contributed by atoms with E-state index in [2.05, 4.69) is 32.0 Å². The summed E-state index contributed by atoms with van der Waals surface area (Å²) < 4.78 is 5.19. The van der Waals surface area contributed by atoms with Crippen LogP contribution >= 0.6 is 11.6 Å². The molecular formula is C17H19ClO2. The molecule has 2 aromatic carbocycles. The van der Waals surface area contributed by atoms with Crippen LogP contribution in [0.15, 0.2) is 36.4 Å². The Hall–Kier alpha value is -1.51. The van der Waals surface area contributed by atoms with Gasteiger partial charge in [-0.15, -0.1) is 0 Å². The lowest BCUT2D eigenvalue weighted by Crippen LogP contribution is -2.04. The number of hydrogen-bond acceptors (Lipinski definition) is 2. The Bertz CT molecular complexity index is 608. The van der Waals surface area contributed by atoms with E-state index in [1.165, 1.54) is 11.1 Å². The normalized spacial score (nSPS) is 12.2. The lowest BCUT2D eigenvalue weighted by molar-refractivity contribution is 0.178. The Labute approximate surface area is 125 Å². The number of halogens is 1. The molecule has 1 unspecified atom stereocenters. The molecule has 20 heavy (non-hydrogen) atoms. The van der Waals surface area contributed by atoms with Crippen LogP contribution < -0.4 is 4.74 Å². The Balaban J connectivity index is 2.23. The molecule has 0 saturated carbocycles. The fourth-order valence-electron chi connectivity index (χ4n) is 2.23. The van der Waals surface area contributed by atoms with Crippen LogP contribution in [0.5, 0.6) is 5.75 Å². The zero-order chi connectivity index (χ0) is 14.7. The van der Waals surface area contributed by atoms with Crippen LogP contribution in [0.1, 0.15) is 28.4 Å². The molecule has 0 radical (unpaired) electrons. The maximum absolute atomic E-state index is 10.4. The second-order valence-electron chi connectivity index (χ2n) is 5.04. The fourth-order valence-corrected chi connectivity index (χ4v) is 2.42. The highest BCUT2D eigenvalue weighted by Gasteiger charge is 2.12. The summed E-state index contributed by atoms with van der Waals surface area (Å²) in [6, 6.07) is 11.7. The molecule has 1 atom stereocenters. The van der Waals surface area contributed by atoms with Crippen molar-refractivity contribution in [3.63, 3.8) is 0 Å². The number of aliphatic hydroxyl groups excluding tert-OH is 1. The number of hydrogen-bond donors (Lipinski definition) is 1. The highest BCUT2D eigenvalue weighted by molar-refractivity contribution is 6.32. The molecule has 2 aromatic rings. The second kappa shape index (κ2) is 6.29. The predicted molar refractivity (Wildman–Crippen MR) is 82.6 cm³/mol. The van der Waals surface area contributed by atoms with Gasteiger partial charge in [-0.05, 0) is 42.7 Å². The summed E-state index contributed by atoms with van der Waals surface area (Å²) in [4.78, 5) is 0. The lowest BCUT2D eigenvalue weighted by atomic mass is 9.96. The number of aryl methyl sites for hydroxylation is 2. The van der Waals surface area contributed by atoms with Crippen molar-refractivity contribution in [2.24, 2.45) is 0 Å². The van der Waals surface area contributed by atoms with Crippen LogP contribution in [-0.4, -0.2) is 12.2 Å². The molecule has 0 spiro atoms. The highest BCUT2D eigenvalue weighted by Crippen LogP contribution is 2.29. The monoisotopic (exact) mass is 290 g/mol. The molecule has 2 nitrogen and oxygen atoms in total. The van der Waals surface area contributed by atoms with Crippen molar-refractivity contribution in [2.45, 2.75) is 26.4 Å². The van der Waals surface area contributed by atoms with E-state index >= 15 is 0 Å². The third-order valence-electron chi connectivity index (χ3n) is 3.48. The van der Waals surface area contributed by atoms with Gasteiger partial charge in [0.25, 0.3) is 0 Å². The molecule has 0 fully saturated rings. The maximum atomic E-state index is 10.4. The lowest BCUT2D eigenvalue weighted by Gasteiger charge is -2.15. The molecule has 0 saturated heterocycles. The molecule has 0 amide bonds. The van der Waals surface area contributed by atoms with Crippen molar-refractivity contribution < 1.29 is 9.84 Å². The highest BCUT2D eigenvalue weighted by atomic mass is 35.5. The van der Waals surface area contributed by atoms with Gasteiger partial charge < -0.3 is 9.84 Å². The van der Waals surface area contributed by atoms with Crippen LogP contribution in [-0.2, 0) is 6.42 Å². The molecule has 0 bridgehead atoms. The molecule has 106 valence electrons. The van der Waals surface area contributed by atoms with Crippen LogP contribution in [0, 0.1) is 13.8 Å². The smallest absolute Gasteiger partial charge is 0.137 e. The third kappa shape index (κ3) is 3.33. The zero-order valence-corrected chi connectivity index (χ0v) is 12.7. The van der Waals surface area contributed by atoms with Gasteiger partial charge in [0.1, 0.15) is 5.75 Å². The number of rotatable bonds is 4. The molecule has 0 aliphatic carbocycles. The van der Waals surface area contributed by atoms with Crippen molar-refractivity contribution >= 4 is 11.6 Å². The number of aliphatic hydroxyl groups is 1. The second-order valence-corrected chi connectivity index (χ2v) is 5.45. The summed E-state index contributed by atoms with van der Waals surface area (Å²) in [6.45, 7) is 4.12. The predicted octanol–water partition coefficient (Wildman–Crippen LogP) is 4.24.